The molecule has 0 aliphatic carbocycles. The van der Waals surface area contributed by atoms with E-state index in [1.165, 1.54) is 22.9 Å². The standard InChI is InChI=1S/C23H23F3N4O/c1-22(15-16-5-3-2-4-6-16)9-13-30(14-10-22)21(31)18-19(17-7-11-27-12-8-17)28-29-20(18)23(24,25)26/h2-8,11-12H,9-10,13-15H2,1H3,(H,28,29). The average Bonchev–Trinajstić information content (AvgIpc) is 3.21. The van der Waals surface area contributed by atoms with Crippen LogP contribution in [0, 0.1) is 5.41 Å². The average molecular weight is 428 g/mol. The second-order valence-electron chi connectivity index (χ2n) is 8.32. The number of pyridine rings is 1. The third kappa shape index (κ3) is 4.47. The van der Waals surface area contributed by atoms with Crippen LogP contribution < -0.4 is 0 Å². The molecule has 0 atom stereocenters. The maximum atomic E-state index is 13.6. The van der Waals surface area contributed by atoms with Crippen molar-refractivity contribution in [2.45, 2.75) is 32.4 Å². The summed E-state index contributed by atoms with van der Waals surface area (Å²) in [6, 6.07) is 13.2. The number of hydrogen-bond donors (Lipinski definition) is 1. The molecule has 2 aromatic heterocycles. The van der Waals surface area contributed by atoms with Gasteiger partial charge in [0.1, 0.15) is 5.69 Å². The summed E-state index contributed by atoms with van der Waals surface area (Å²) < 4.78 is 40.8. The molecule has 1 aromatic carbocycles. The lowest BCUT2D eigenvalue weighted by Crippen LogP contribution is -2.43. The Morgan fingerprint density at radius 2 is 1.74 bits per heavy atom. The predicted molar refractivity (Wildman–Crippen MR) is 110 cm³/mol. The molecule has 1 N–H and O–H groups in total. The fourth-order valence-electron chi connectivity index (χ4n) is 4.15. The van der Waals surface area contributed by atoms with Gasteiger partial charge in [-0.15, -0.1) is 0 Å². The highest BCUT2D eigenvalue weighted by Gasteiger charge is 2.42. The van der Waals surface area contributed by atoms with Gasteiger partial charge in [-0.3, -0.25) is 14.9 Å². The number of aromatic nitrogens is 3. The van der Waals surface area contributed by atoms with Gasteiger partial charge in [-0.1, -0.05) is 37.3 Å². The number of likely N-dealkylation sites (tertiary alicyclic amines) is 1. The Hall–Kier alpha value is -3.16. The Balaban J connectivity index is 1.57. The highest BCUT2D eigenvalue weighted by molar-refractivity contribution is 6.01. The maximum absolute atomic E-state index is 13.6. The van der Waals surface area contributed by atoms with E-state index in [0.717, 1.165) is 19.3 Å². The quantitative estimate of drug-likeness (QED) is 0.638. The zero-order chi connectivity index (χ0) is 22.1. The van der Waals surface area contributed by atoms with Gasteiger partial charge in [0, 0.05) is 31.0 Å². The Morgan fingerprint density at radius 1 is 1.10 bits per heavy atom. The fraction of sp³-hybridized carbons (Fsp3) is 0.348. The fourth-order valence-corrected chi connectivity index (χ4v) is 4.15. The van der Waals surface area contributed by atoms with E-state index in [1.54, 1.807) is 12.1 Å². The topological polar surface area (TPSA) is 61.9 Å². The molecule has 0 bridgehead atoms. The second-order valence-corrected chi connectivity index (χ2v) is 8.32. The number of nitrogens with zero attached hydrogens (tertiary/aromatic N) is 3. The van der Waals surface area contributed by atoms with Gasteiger partial charge in [0.05, 0.1) is 5.56 Å². The maximum Gasteiger partial charge on any atom is 0.433 e. The number of aromatic amines is 1. The third-order valence-electron chi connectivity index (χ3n) is 5.95. The van der Waals surface area contributed by atoms with Crippen molar-refractivity contribution in [3.8, 4) is 11.3 Å². The van der Waals surface area contributed by atoms with Crippen molar-refractivity contribution in [2.24, 2.45) is 5.41 Å². The van der Waals surface area contributed by atoms with E-state index in [9.17, 15) is 18.0 Å². The van der Waals surface area contributed by atoms with Crippen LogP contribution in [0.15, 0.2) is 54.9 Å². The van der Waals surface area contributed by atoms with Crippen molar-refractivity contribution in [3.05, 3.63) is 71.7 Å². The molecule has 0 saturated carbocycles. The number of halogens is 3. The minimum atomic E-state index is -4.71. The minimum Gasteiger partial charge on any atom is -0.338 e. The second kappa shape index (κ2) is 8.17. The van der Waals surface area contributed by atoms with Crippen molar-refractivity contribution < 1.29 is 18.0 Å². The first-order chi connectivity index (χ1) is 14.8. The monoisotopic (exact) mass is 428 g/mol. The first kappa shape index (κ1) is 21.1. The van der Waals surface area contributed by atoms with Crippen LogP contribution >= 0.6 is 0 Å². The number of benzene rings is 1. The van der Waals surface area contributed by atoms with E-state index in [1.807, 2.05) is 23.3 Å². The number of hydrogen-bond acceptors (Lipinski definition) is 3. The first-order valence-electron chi connectivity index (χ1n) is 10.2. The number of H-pyrrole nitrogens is 1. The number of nitrogens with one attached hydrogen (secondary N) is 1. The SMILES string of the molecule is CC1(Cc2ccccc2)CCN(C(=O)c2c(-c3ccncc3)n[nH]c2C(F)(F)F)CC1. The molecule has 8 heteroatoms. The molecule has 5 nitrogen and oxygen atoms in total. The summed E-state index contributed by atoms with van der Waals surface area (Å²) in [7, 11) is 0. The largest absolute Gasteiger partial charge is 0.433 e. The van der Waals surface area contributed by atoms with Crippen LogP contribution in [0.3, 0.4) is 0 Å². The van der Waals surface area contributed by atoms with Gasteiger partial charge in [-0.05, 0) is 42.4 Å². The Bertz CT molecular complexity index is 1040. The van der Waals surface area contributed by atoms with Gasteiger partial charge < -0.3 is 4.90 Å². The van der Waals surface area contributed by atoms with E-state index < -0.39 is 23.3 Å². The molecule has 1 saturated heterocycles. The molecule has 0 spiro atoms. The van der Waals surface area contributed by atoms with E-state index in [0.29, 0.717) is 18.7 Å². The highest BCUT2D eigenvalue weighted by Crippen LogP contribution is 2.38. The Morgan fingerprint density at radius 3 is 2.35 bits per heavy atom. The zero-order valence-electron chi connectivity index (χ0n) is 17.1. The van der Waals surface area contributed by atoms with Crippen LogP contribution in [-0.4, -0.2) is 39.1 Å². The molecule has 1 aliphatic rings. The van der Waals surface area contributed by atoms with Crippen molar-refractivity contribution in [1.82, 2.24) is 20.1 Å². The van der Waals surface area contributed by atoms with Gasteiger partial charge in [0.15, 0.2) is 5.69 Å². The first-order valence-corrected chi connectivity index (χ1v) is 10.2. The molecule has 1 fully saturated rings. The smallest absolute Gasteiger partial charge is 0.338 e. The van der Waals surface area contributed by atoms with E-state index in [-0.39, 0.29) is 11.1 Å². The molecule has 4 rings (SSSR count). The van der Waals surface area contributed by atoms with E-state index in [4.69, 9.17) is 0 Å². The normalized spacial score (nSPS) is 16.3. The van der Waals surface area contributed by atoms with Crippen molar-refractivity contribution in [2.75, 3.05) is 13.1 Å². The minimum absolute atomic E-state index is 0.00246. The molecule has 0 radical (unpaired) electrons. The van der Waals surface area contributed by atoms with Crippen molar-refractivity contribution in [1.29, 1.82) is 0 Å². The zero-order valence-corrected chi connectivity index (χ0v) is 17.1. The highest BCUT2D eigenvalue weighted by atomic mass is 19.4. The van der Waals surface area contributed by atoms with Gasteiger partial charge >= 0.3 is 6.18 Å². The molecular formula is C23H23F3N4O. The summed E-state index contributed by atoms with van der Waals surface area (Å²) in [5, 5.41) is 5.87. The lowest BCUT2D eigenvalue weighted by molar-refractivity contribution is -0.141. The molecule has 3 heterocycles. The lowest BCUT2D eigenvalue weighted by atomic mass is 9.75. The number of rotatable bonds is 4. The lowest BCUT2D eigenvalue weighted by Gasteiger charge is -2.39. The number of alkyl halides is 3. The Kier molecular flexibility index (Phi) is 5.56. The molecule has 0 unspecified atom stereocenters. The van der Waals surface area contributed by atoms with E-state index in [2.05, 4.69) is 29.1 Å². The number of carbonyl (C=O) groups is 1. The molecule has 3 aromatic rings. The third-order valence-corrected chi connectivity index (χ3v) is 5.95. The molecule has 162 valence electrons. The van der Waals surface area contributed by atoms with Crippen LogP contribution in [-0.2, 0) is 12.6 Å². The molecular weight excluding hydrogens is 405 g/mol. The summed E-state index contributed by atoms with van der Waals surface area (Å²) in [5.41, 5.74) is 0.0922. The van der Waals surface area contributed by atoms with Crippen LogP contribution in [0.4, 0.5) is 13.2 Å². The molecule has 31 heavy (non-hydrogen) atoms. The Labute approximate surface area is 178 Å². The summed E-state index contributed by atoms with van der Waals surface area (Å²) in [6.45, 7) is 2.98. The summed E-state index contributed by atoms with van der Waals surface area (Å²) in [4.78, 5) is 18.6. The molecule has 1 aliphatic heterocycles. The van der Waals surface area contributed by atoms with E-state index >= 15 is 0 Å². The van der Waals surface area contributed by atoms with Crippen LogP contribution in [0.2, 0.25) is 0 Å². The number of piperidine rings is 1. The number of carbonyl (C=O) groups excluding carboxylic acids is 1. The van der Waals surface area contributed by atoms with Crippen LogP contribution in [0.1, 0.15) is 41.4 Å². The van der Waals surface area contributed by atoms with Crippen LogP contribution in [0.25, 0.3) is 11.3 Å². The summed E-state index contributed by atoms with van der Waals surface area (Å²) in [6.07, 6.45) is 0.524. The van der Waals surface area contributed by atoms with Gasteiger partial charge in [-0.2, -0.15) is 18.3 Å². The van der Waals surface area contributed by atoms with Crippen molar-refractivity contribution >= 4 is 5.91 Å². The summed E-state index contributed by atoms with van der Waals surface area (Å²) in [5.74, 6) is -0.644. The van der Waals surface area contributed by atoms with Gasteiger partial charge in [0.2, 0.25) is 0 Å². The molecule has 1 amide bonds. The van der Waals surface area contributed by atoms with Gasteiger partial charge in [-0.25, -0.2) is 0 Å². The van der Waals surface area contributed by atoms with Gasteiger partial charge in [0.25, 0.3) is 5.91 Å². The van der Waals surface area contributed by atoms with Crippen LogP contribution in [0.5, 0.6) is 0 Å². The van der Waals surface area contributed by atoms with Crippen molar-refractivity contribution in [3.63, 3.8) is 0 Å². The number of amides is 1. The predicted octanol–water partition coefficient (Wildman–Crippen LogP) is 4.98. The summed E-state index contributed by atoms with van der Waals surface area (Å²) >= 11 is 0.